The van der Waals surface area contributed by atoms with Crippen molar-refractivity contribution in [3.05, 3.63) is 36.0 Å². The van der Waals surface area contributed by atoms with Gasteiger partial charge in [0, 0.05) is 18.7 Å². The van der Waals surface area contributed by atoms with Gasteiger partial charge in [0.25, 0.3) is 5.91 Å². The third kappa shape index (κ3) is 7.39. The molecule has 0 radical (unpaired) electrons. The van der Waals surface area contributed by atoms with E-state index < -0.39 is 24.3 Å². The molecule has 8 heteroatoms. The normalized spacial score (nSPS) is 13.1. The number of allylic oxidation sites excluding steroid dienone is 2. The van der Waals surface area contributed by atoms with Crippen LogP contribution in [0, 0.1) is 0 Å². The highest BCUT2D eigenvalue weighted by Crippen LogP contribution is 2.08. The Kier molecular flexibility index (Phi) is 8.59. The number of carbonyl (C=O) groups excluding carboxylic acids is 4. The molecule has 0 fully saturated rings. The van der Waals surface area contributed by atoms with Crippen molar-refractivity contribution in [1.82, 2.24) is 15.8 Å². The first-order chi connectivity index (χ1) is 11.6. The van der Waals surface area contributed by atoms with E-state index in [-0.39, 0.29) is 13.0 Å². The Morgan fingerprint density at radius 3 is 2.71 bits per heavy atom. The molecule has 3 amide bonds. The molecule has 0 aromatic heterocycles. The van der Waals surface area contributed by atoms with Crippen LogP contribution in [0.1, 0.15) is 19.8 Å². The molecule has 1 aliphatic rings. The molecule has 0 spiro atoms. The summed E-state index contributed by atoms with van der Waals surface area (Å²) in [4.78, 5) is 45.4. The zero-order valence-corrected chi connectivity index (χ0v) is 13.5. The Morgan fingerprint density at radius 2 is 2.08 bits per heavy atom. The second-order valence-electron chi connectivity index (χ2n) is 4.79. The quantitative estimate of drug-likeness (QED) is 0.267. The molecule has 0 aromatic carbocycles. The first-order valence-corrected chi connectivity index (χ1v) is 7.55. The average Bonchev–Trinajstić information content (AvgIpc) is 2.58. The van der Waals surface area contributed by atoms with E-state index in [1.165, 1.54) is 0 Å². The maximum absolute atomic E-state index is 11.9. The minimum absolute atomic E-state index is 0.157. The van der Waals surface area contributed by atoms with Crippen LogP contribution in [-0.2, 0) is 23.9 Å². The second kappa shape index (κ2) is 10.8. The minimum atomic E-state index is -0.720. The number of rotatable bonds is 9. The SMILES string of the molecule is CCOC(=O)CN(NC=O)C(=O)/C=C/C(=O)NCC1=CCCC=C1. The first-order valence-electron chi connectivity index (χ1n) is 7.55. The molecular weight excluding hydrogens is 314 g/mol. The van der Waals surface area contributed by atoms with Gasteiger partial charge in [0.2, 0.25) is 12.3 Å². The zero-order chi connectivity index (χ0) is 17.8. The van der Waals surface area contributed by atoms with E-state index in [1.807, 2.05) is 18.2 Å². The molecule has 0 unspecified atom stereocenters. The lowest BCUT2D eigenvalue weighted by Crippen LogP contribution is -2.45. The van der Waals surface area contributed by atoms with Gasteiger partial charge in [-0.3, -0.25) is 24.6 Å². The molecule has 1 rings (SSSR count). The number of nitrogens with zero attached hydrogens (tertiary/aromatic N) is 1. The van der Waals surface area contributed by atoms with Crippen LogP contribution in [0.4, 0.5) is 0 Å². The van der Waals surface area contributed by atoms with Crippen molar-refractivity contribution in [2.45, 2.75) is 19.8 Å². The van der Waals surface area contributed by atoms with Crippen LogP contribution >= 0.6 is 0 Å². The standard InChI is InChI=1S/C16H21N3O5/c1-2-24-16(23)11-19(18-12-20)15(22)9-8-14(21)17-10-13-6-4-3-5-7-13/h4,6-9,12H,2-3,5,10-11H2,1H3,(H,17,21)(H,18,20)/b9-8+. The molecule has 2 N–H and O–H groups in total. The smallest absolute Gasteiger partial charge is 0.327 e. The third-order valence-electron chi connectivity index (χ3n) is 2.98. The van der Waals surface area contributed by atoms with E-state index >= 15 is 0 Å². The van der Waals surface area contributed by atoms with Gasteiger partial charge in [-0.05, 0) is 25.3 Å². The summed E-state index contributed by atoms with van der Waals surface area (Å²) >= 11 is 0. The topological polar surface area (TPSA) is 105 Å². The number of nitrogens with one attached hydrogen (secondary N) is 2. The summed E-state index contributed by atoms with van der Waals surface area (Å²) in [5.74, 6) is -1.85. The van der Waals surface area contributed by atoms with Crippen LogP contribution < -0.4 is 10.7 Å². The summed E-state index contributed by atoms with van der Waals surface area (Å²) < 4.78 is 4.70. The second-order valence-corrected chi connectivity index (χ2v) is 4.79. The lowest BCUT2D eigenvalue weighted by molar-refractivity contribution is -0.150. The molecule has 0 saturated carbocycles. The highest BCUT2D eigenvalue weighted by molar-refractivity contribution is 5.97. The monoisotopic (exact) mass is 335 g/mol. The summed E-state index contributed by atoms with van der Waals surface area (Å²) in [6.45, 7) is 1.70. The molecular formula is C16H21N3O5. The maximum atomic E-state index is 11.9. The molecule has 0 atom stereocenters. The van der Waals surface area contributed by atoms with Crippen LogP contribution in [0.3, 0.4) is 0 Å². The van der Waals surface area contributed by atoms with Gasteiger partial charge in [0.15, 0.2) is 0 Å². The molecule has 0 saturated heterocycles. The van der Waals surface area contributed by atoms with Crippen molar-refractivity contribution in [2.75, 3.05) is 19.7 Å². The summed E-state index contributed by atoms with van der Waals surface area (Å²) in [5, 5.41) is 3.39. The molecule has 0 heterocycles. The van der Waals surface area contributed by atoms with E-state index in [9.17, 15) is 19.2 Å². The number of hydrogen-bond acceptors (Lipinski definition) is 5. The first kappa shape index (κ1) is 19.1. The average molecular weight is 335 g/mol. The van der Waals surface area contributed by atoms with E-state index in [0.29, 0.717) is 6.54 Å². The predicted octanol–water partition coefficient (Wildman–Crippen LogP) is -0.0121. The minimum Gasteiger partial charge on any atom is -0.465 e. The Morgan fingerprint density at radius 1 is 1.29 bits per heavy atom. The number of carbonyl (C=O) groups is 4. The highest BCUT2D eigenvalue weighted by atomic mass is 16.5. The van der Waals surface area contributed by atoms with Gasteiger partial charge >= 0.3 is 5.97 Å². The summed E-state index contributed by atoms with van der Waals surface area (Å²) in [6, 6.07) is 0. The Bertz CT molecular complexity index is 566. The molecule has 130 valence electrons. The van der Waals surface area contributed by atoms with Gasteiger partial charge < -0.3 is 10.1 Å². The van der Waals surface area contributed by atoms with E-state index in [4.69, 9.17) is 4.74 Å². The van der Waals surface area contributed by atoms with Gasteiger partial charge in [0.05, 0.1) is 6.61 Å². The van der Waals surface area contributed by atoms with Gasteiger partial charge in [0.1, 0.15) is 6.54 Å². The molecule has 0 aliphatic heterocycles. The van der Waals surface area contributed by atoms with Gasteiger partial charge in [-0.2, -0.15) is 0 Å². The van der Waals surface area contributed by atoms with Crippen molar-refractivity contribution < 1.29 is 23.9 Å². The summed E-state index contributed by atoms with van der Waals surface area (Å²) in [5.41, 5.74) is 3.08. The number of esters is 1. The molecule has 0 aromatic rings. The van der Waals surface area contributed by atoms with Crippen LogP contribution in [0.5, 0.6) is 0 Å². The maximum Gasteiger partial charge on any atom is 0.327 e. The molecule has 8 nitrogen and oxygen atoms in total. The fourth-order valence-corrected chi connectivity index (χ4v) is 1.87. The van der Waals surface area contributed by atoms with Gasteiger partial charge in [-0.25, -0.2) is 5.01 Å². The van der Waals surface area contributed by atoms with Crippen LogP contribution in [0.2, 0.25) is 0 Å². The number of ether oxygens (including phenoxy) is 1. The molecule has 1 aliphatic carbocycles. The van der Waals surface area contributed by atoms with Crippen molar-refractivity contribution in [3.8, 4) is 0 Å². The number of hydrogen-bond donors (Lipinski definition) is 2. The van der Waals surface area contributed by atoms with Gasteiger partial charge in [-0.15, -0.1) is 0 Å². The highest BCUT2D eigenvalue weighted by Gasteiger charge is 2.15. The van der Waals surface area contributed by atoms with Crippen molar-refractivity contribution in [1.29, 1.82) is 0 Å². The van der Waals surface area contributed by atoms with Crippen LogP contribution in [-0.4, -0.2) is 48.9 Å². The Hall–Kier alpha value is -2.90. The third-order valence-corrected chi connectivity index (χ3v) is 2.98. The van der Waals surface area contributed by atoms with Crippen molar-refractivity contribution >= 4 is 24.2 Å². The van der Waals surface area contributed by atoms with Crippen molar-refractivity contribution in [2.24, 2.45) is 0 Å². The Labute approximate surface area is 140 Å². The predicted molar refractivity (Wildman–Crippen MR) is 86.2 cm³/mol. The van der Waals surface area contributed by atoms with E-state index in [0.717, 1.165) is 35.6 Å². The Balaban J connectivity index is 2.48. The zero-order valence-electron chi connectivity index (χ0n) is 13.5. The number of hydrazine groups is 1. The fourth-order valence-electron chi connectivity index (χ4n) is 1.87. The molecule has 0 bridgehead atoms. The fraction of sp³-hybridized carbons (Fsp3) is 0.375. The van der Waals surface area contributed by atoms with Crippen molar-refractivity contribution in [3.63, 3.8) is 0 Å². The summed E-state index contributed by atoms with van der Waals surface area (Å²) in [7, 11) is 0. The molecule has 24 heavy (non-hydrogen) atoms. The summed E-state index contributed by atoms with van der Waals surface area (Å²) in [6.07, 6.45) is 10.2. The lowest BCUT2D eigenvalue weighted by Gasteiger charge is -2.17. The number of amides is 3. The largest absolute Gasteiger partial charge is 0.465 e. The van der Waals surface area contributed by atoms with Crippen LogP contribution in [0.25, 0.3) is 0 Å². The van der Waals surface area contributed by atoms with Gasteiger partial charge in [-0.1, -0.05) is 18.2 Å². The van der Waals surface area contributed by atoms with E-state index in [1.54, 1.807) is 6.92 Å². The lowest BCUT2D eigenvalue weighted by atomic mass is 10.1. The van der Waals surface area contributed by atoms with E-state index in [2.05, 4.69) is 10.7 Å². The van der Waals surface area contributed by atoms with Crippen LogP contribution in [0.15, 0.2) is 36.0 Å².